The lowest BCUT2D eigenvalue weighted by atomic mass is 9.89. The van der Waals surface area contributed by atoms with Crippen LogP contribution in [0.5, 0.6) is 0 Å². The molecule has 2 aliphatic carbocycles. The van der Waals surface area contributed by atoms with Crippen LogP contribution >= 0.6 is 0 Å². The Morgan fingerprint density at radius 3 is 2.47 bits per heavy atom. The zero-order valence-electron chi connectivity index (χ0n) is 19.3. The van der Waals surface area contributed by atoms with E-state index in [9.17, 15) is 14.7 Å². The van der Waals surface area contributed by atoms with Crippen LogP contribution in [0, 0.1) is 12.8 Å². The molecular formula is C25H38N2O5. The van der Waals surface area contributed by atoms with Crippen molar-refractivity contribution in [1.82, 2.24) is 4.90 Å². The van der Waals surface area contributed by atoms with Crippen LogP contribution in [0.15, 0.2) is 18.2 Å². The average Bonchev–Trinajstić information content (AvgIpc) is 2.77. The van der Waals surface area contributed by atoms with E-state index in [1.54, 1.807) is 17.9 Å². The van der Waals surface area contributed by atoms with E-state index in [-0.39, 0.29) is 24.8 Å². The van der Waals surface area contributed by atoms with Gasteiger partial charge in [-0.15, -0.1) is 0 Å². The number of carboxylic acid groups (broad SMARTS) is 1. The molecule has 2 saturated carbocycles. The van der Waals surface area contributed by atoms with Gasteiger partial charge in [-0.1, -0.05) is 37.5 Å². The lowest BCUT2D eigenvalue weighted by Gasteiger charge is -2.31. The van der Waals surface area contributed by atoms with Gasteiger partial charge in [0.1, 0.15) is 0 Å². The Hall–Kier alpha value is -2.12. The van der Waals surface area contributed by atoms with Crippen molar-refractivity contribution in [3.05, 3.63) is 34.9 Å². The van der Waals surface area contributed by atoms with Crippen molar-refractivity contribution in [3.63, 3.8) is 0 Å². The highest BCUT2D eigenvalue weighted by Gasteiger charge is 2.25. The summed E-state index contributed by atoms with van der Waals surface area (Å²) in [6.07, 6.45) is 9.99. The van der Waals surface area contributed by atoms with E-state index < -0.39 is 5.97 Å². The second-order valence-electron chi connectivity index (χ2n) is 9.29. The molecule has 2 atom stereocenters. The van der Waals surface area contributed by atoms with Crippen LogP contribution in [0.3, 0.4) is 0 Å². The summed E-state index contributed by atoms with van der Waals surface area (Å²) in [5, 5.41) is 9.50. The Morgan fingerprint density at radius 1 is 1.06 bits per heavy atom. The number of carbonyl (C=O) groups is 2. The summed E-state index contributed by atoms with van der Waals surface area (Å²) in [7, 11) is 0. The lowest BCUT2D eigenvalue weighted by molar-refractivity contribution is -0.0526. The largest absolute Gasteiger partial charge is 0.478 e. The van der Waals surface area contributed by atoms with E-state index in [1.165, 1.54) is 32.1 Å². The molecule has 0 saturated heterocycles. The van der Waals surface area contributed by atoms with E-state index in [0.717, 1.165) is 37.8 Å². The number of nitrogens with two attached hydrogens (primary N) is 1. The molecule has 0 aromatic heterocycles. The fourth-order valence-electron chi connectivity index (χ4n) is 5.07. The third-order valence-corrected chi connectivity index (χ3v) is 6.86. The van der Waals surface area contributed by atoms with Crippen LogP contribution in [0.2, 0.25) is 0 Å². The second-order valence-corrected chi connectivity index (χ2v) is 9.29. The van der Waals surface area contributed by atoms with E-state index in [2.05, 4.69) is 0 Å². The predicted octanol–water partition coefficient (Wildman–Crippen LogP) is 4.50. The average molecular weight is 447 g/mol. The van der Waals surface area contributed by atoms with E-state index in [1.807, 2.05) is 12.1 Å². The minimum absolute atomic E-state index is 0.0467. The molecule has 2 unspecified atom stereocenters. The number of carboxylic acids is 1. The molecule has 3 N–H and O–H groups in total. The van der Waals surface area contributed by atoms with Gasteiger partial charge in [0.15, 0.2) is 0 Å². The van der Waals surface area contributed by atoms with Gasteiger partial charge in [0.2, 0.25) is 0 Å². The van der Waals surface area contributed by atoms with Gasteiger partial charge in [0, 0.05) is 13.1 Å². The fraction of sp³-hybridized carbons (Fsp3) is 0.680. The maximum absolute atomic E-state index is 11.9. The fourth-order valence-corrected chi connectivity index (χ4v) is 5.07. The van der Waals surface area contributed by atoms with Crippen molar-refractivity contribution >= 4 is 12.0 Å². The van der Waals surface area contributed by atoms with Crippen molar-refractivity contribution in [3.8, 4) is 0 Å². The zero-order valence-corrected chi connectivity index (χ0v) is 19.3. The SMILES string of the molecule is Cc1cccc(COC2CCCC(OCCN(CC3CCCCC3)C(N)=O)C2)c1C(=O)O. The number of hydrogen-bond acceptors (Lipinski definition) is 4. The summed E-state index contributed by atoms with van der Waals surface area (Å²) >= 11 is 0. The van der Waals surface area contributed by atoms with Crippen molar-refractivity contribution < 1.29 is 24.2 Å². The Balaban J connectivity index is 1.43. The Morgan fingerprint density at radius 2 is 1.78 bits per heavy atom. The molecule has 0 radical (unpaired) electrons. The van der Waals surface area contributed by atoms with Crippen LogP contribution in [0.1, 0.15) is 79.3 Å². The van der Waals surface area contributed by atoms with Crippen LogP contribution in [0.25, 0.3) is 0 Å². The summed E-state index contributed by atoms with van der Waals surface area (Å²) in [4.78, 5) is 25.2. The van der Waals surface area contributed by atoms with Crippen LogP contribution in [-0.2, 0) is 16.1 Å². The molecule has 1 aromatic carbocycles. The van der Waals surface area contributed by atoms with Gasteiger partial charge in [-0.05, 0) is 62.5 Å². The number of primary amides is 1. The number of benzene rings is 1. The highest BCUT2D eigenvalue weighted by atomic mass is 16.5. The maximum Gasteiger partial charge on any atom is 0.336 e. The number of nitrogens with zero attached hydrogens (tertiary/aromatic N) is 1. The number of aromatic carboxylic acids is 1. The first-order valence-corrected chi connectivity index (χ1v) is 12.0. The lowest BCUT2D eigenvalue weighted by Crippen LogP contribution is -2.42. The minimum Gasteiger partial charge on any atom is -0.478 e. The van der Waals surface area contributed by atoms with E-state index in [4.69, 9.17) is 15.2 Å². The minimum atomic E-state index is -0.918. The number of amides is 2. The molecule has 0 aliphatic heterocycles. The van der Waals surface area contributed by atoms with E-state index >= 15 is 0 Å². The Bertz CT molecular complexity index is 763. The van der Waals surface area contributed by atoms with Crippen molar-refractivity contribution in [1.29, 1.82) is 0 Å². The molecule has 2 aliphatic rings. The number of hydrogen-bond donors (Lipinski definition) is 2. The summed E-state index contributed by atoms with van der Waals surface area (Å²) in [5.41, 5.74) is 7.39. The van der Waals surface area contributed by atoms with Gasteiger partial charge in [0.05, 0.1) is 31.0 Å². The molecule has 1 aromatic rings. The third kappa shape index (κ3) is 7.20. The first-order valence-electron chi connectivity index (χ1n) is 12.0. The number of ether oxygens (including phenoxy) is 2. The molecule has 3 rings (SSSR count). The van der Waals surface area contributed by atoms with E-state index in [0.29, 0.717) is 30.2 Å². The first-order chi connectivity index (χ1) is 15.4. The van der Waals surface area contributed by atoms with Gasteiger partial charge in [0.25, 0.3) is 0 Å². The quantitative estimate of drug-likeness (QED) is 0.551. The monoisotopic (exact) mass is 446 g/mol. The molecule has 2 amide bonds. The number of aryl methyl sites for hydroxylation is 1. The first kappa shape index (κ1) is 24.5. The maximum atomic E-state index is 11.9. The van der Waals surface area contributed by atoms with Crippen LogP contribution in [0.4, 0.5) is 4.79 Å². The molecular weight excluding hydrogens is 408 g/mol. The third-order valence-electron chi connectivity index (χ3n) is 6.86. The number of carbonyl (C=O) groups excluding carboxylic acids is 1. The summed E-state index contributed by atoms with van der Waals surface area (Å²) in [6.45, 7) is 3.84. The molecule has 7 heteroatoms. The molecule has 0 bridgehead atoms. The Labute approximate surface area is 191 Å². The van der Waals surface area contributed by atoms with Crippen LogP contribution < -0.4 is 5.73 Å². The normalized spacial score (nSPS) is 21.9. The number of urea groups is 1. The smallest absolute Gasteiger partial charge is 0.336 e. The van der Waals surface area contributed by atoms with Gasteiger partial charge in [-0.25, -0.2) is 9.59 Å². The van der Waals surface area contributed by atoms with Gasteiger partial charge >= 0.3 is 12.0 Å². The number of rotatable bonds is 10. The van der Waals surface area contributed by atoms with Crippen molar-refractivity contribution in [2.75, 3.05) is 19.7 Å². The van der Waals surface area contributed by atoms with Crippen molar-refractivity contribution in [2.45, 2.75) is 83.5 Å². The Kier molecular flexibility index (Phi) is 9.36. The summed E-state index contributed by atoms with van der Waals surface area (Å²) in [6, 6.07) is 5.13. The standard InChI is InChI=1S/C25H38N2O5/c1-18-7-5-10-20(23(18)24(28)29)17-32-22-12-6-11-21(15-22)31-14-13-27(25(26)30)16-19-8-3-2-4-9-19/h5,7,10,19,21-22H,2-4,6,8-9,11-17H2,1H3,(H2,26,30)(H,28,29). The highest BCUT2D eigenvalue weighted by Crippen LogP contribution is 2.26. The predicted molar refractivity (Wildman–Crippen MR) is 123 cm³/mol. The van der Waals surface area contributed by atoms with Crippen LogP contribution in [-0.4, -0.2) is 53.9 Å². The topological polar surface area (TPSA) is 102 Å². The second kappa shape index (κ2) is 12.2. The molecule has 178 valence electrons. The summed E-state index contributed by atoms with van der Waals surface area (Å²) in [5.74, 6) is -0.361. The molecule has 0 heterocycles. The zero-order chi connectivity index (χ0) is 22.9. The molecule has 2 fully saturated rings. The molecule has 7 nitrogen and oxygen atoms in total. The highest BCUT2D eigenvalue weighted by molar-refractivity contribution is 5.91. The molecule has 0 spiro atoms. The summed E-state index contributed by atoms with van der Waals surface area (Å²) < 4.78 is 12.2. The molecule has 32 heavy (non-hydrogen) atoms. The van der Waals surface area contributed by atoms with Gasteiger partial charge in [-0.2, -0.15) is 0 Å². The van der Waals surface area contributed by atoms with Crippen molar-refractivity contribution in [2.24, 2.45) is 11.7 Å². The van der Waals surface area contributed by atoms with Gasteiger partial charge < -0.3 is 25.2 Å². The van der Waals surface area contributed by atoms with Gasteiger partial charge in [-0.3, -0.25) is 0 Å².